The molecule has 1 N–H and O–H groups in total. The quantitative estimate of drug-likeness (QED) is 0.606. The number of halogens is 1. The predicted octanol–water partition coefficient (Wildman–Crippen LogP) is 4.50. The minimum absolute atomic E-state index is 0.0380. The Hall–Kier alpha value is -2.67. The molecule has 0 bridgehead atoms. The molecule has 0 aliphatic carbocycles. The minimum Gasteiger partial charge on any atom is -0.459 e. The van der Waals surface area contributed by atoms with Crippen LogP contribution in [0.15, 0.2) is 58.6 Å². The van der Waals surface area contributed by atoms with Crippen molar-refractivity contribution in [2.75, 3.05) is 0 Å². The summed E-state index contributed by atoms with van der Waals surface area (Å²) in [6.45, 7) is 4.20. The fourth-order valence-corrected chi connectivity index (χ4v) is 3.53. The van der Waals surface area contributed by atoms with Gasteiger partial charge >= 0.3 is 5.97 Å². The van der Waals surface area contributed by atoms with Crippen LogP contribution in [0.5, 0.6) is 0 Å². The van der Waals surface area contributed by atoms with Gasteiger partial charge in [-0.1, -0.05) is 37.7 Å². The highest BCUT2D eigenvalue weighted by Crippen LogP contribution is 2.32. The van der Waals surface area contributed by atoms with Crippen molar-refractivity contribution in [1.29, 1.82) is 0 Å². The van der Waals surface area contributed by atoms with E-state index in [-0.39, 0.29) is 30.7 Å². The summed E-state index contributed by atoms with van der Waals surface area (Å²) >= 11 is 1.37. The third-order valence-corrected chi connectivity index (χ3v) is 4.75. The van der Waals surface area contributed by atoms with E-state index in [4.69, 9.17) is 4.74 Å². The van der Waals surface area contributed by atoms with Gasteiger partial charge < -0.3 is 9.72 Å². The minimum atomic E-state index is -0.382. The predicted molar refractivity (Wildman–Crippen MR) is 101 cm³/mol. The summed E-state index contributed by atoms with van der Waals surface area (Å²) in [5.41, 5.74) is 1.60. The molecule has 2 aromatic heterocycles. The highest BCUT2D eigenvalue weighted by molar-refractivity contribution is 7.99. The summed E-state index contributed by atoms with van der Waals surface area (Å²) in [6, 6.07) is 11.8. The van der Waals surface area contributed by atoms with E-state index >= 15 is 0 Å². The first-order valence-electron chi connectivity index (χ1n) is 8.59. The van der Waals surface area contributed by atoms with Crippen LogP contribution in [-0.4, -0.2) is 20.9 Å². The van der Waals surface area contributed by atoms with Crippen LogP contribution in [0.25, 0.3) is 0 Å². The summed E-state index contributed by atoms with van der Waals surface area (Å²) in [6.07, 6.45) is 1.69. The second-order valence-corrected chi connectivity index (χ2v) is 7.34. The van der Waals surface area contributed by atoms with Gasteiger partial charge in [0.05, 0.1) is 11.4 Å². The number of aromatic amines is 1. The lowest BCUT2D eigenvalue weighted by atomic mass is 10.2. The number of carbonyl (C=O) groups excluding carboxylic acids is 1. The summed E-state index contributed by atoms with van der Waals surface area (Å²) < 4.78 is 18.7. The van der Waals surface area contributed by atoms with E-state index in [1.807, 2.05) is 26.0 Å². The first kappa shape index (κ1) is 19.1. The molecule has 3 aromatic rings. The summed E-state index contributed by atoms with van der Waals surface area (Å²) in [5.74, 6) is 0.0439. The summed E-state index contributed by atoms with van der Waals surface area (Å²) in [7, 11) is 0. The maximum Gasteiger partial charge on any atom is 0.313 e. The Labute approximate surface area is 161 Å². The third-order valence-electron chi connectivity index (χ3n) is 3.75. The van der Waals surface area contributed by atoms with Gasteiger partial charge in [0.1, 0.15) is 29.7 Å². The first-order valence-corrected chi connectivity index (χ1v) is 9.40. The van der Waals surface area contributed by atoms with Crippen LogP contribution in [0.1, 0.15) is 37.0 Å². The fourth-order valence-electron chi connectivity index (χ4n) is 2.44. The molecule has 0 spiro atoms. The number of hydrogen-bond donors (Lipinski definition) is 1. The molecular weight excluding hydrogens is 365 g/mol. The average Bonchev–Trinajstić information content (AvgIpc) is 3.03. The van der Waals surface area contributed by atoms with Crippen molar-refractivity contribution < 1.29 is 13.9 Å². The number of esters is 1. The van der Waals surface area contributed by atoms with Gasteiger partial charge in [-0.3, -0.25) is 9.78 Å². The Morgan fingerprint density at radius 3 is 2.81 bits per heavy atom. The largest absolute Gasteiger partial charge is 0.459 e. The molecule has 0 fully saturated rings. The molecule has 0 unspecified atom stereocenters. The second-order valence-electron chi connectivity index (χ2n) is 6.27. The van der Waals surface area contributed by atoms with Gasteiger partial charge in [0, 0.05) is 11.1 Å². The summed E-state index contributed by atoms with van der Waals surface area (Å²) in [4.78, 5) is 24.7. The Balaban J connectivity index is 1.68. The van der Waals surface area contributed by atoms with E-state index in [0.29, 0.717) is 11.5 Å². The van der Waals surface area contributed by atoms with Crippen LogP contribution in [0.2, 0.25) is 0 Å². The molecule has 1 aromatic carbocycles. The zero-order chi connectivity index (χ0) is 19.2. The molecule has 0 saturated heterocycles. The topological polar surface area (TPSA) is 67.9 Å². The molecule has 2 heterocycles. The molecule has 0 radical (unpaired) electrons. The maximum atomic E-state index is 13.4. The van der Waals surface area contributed by atoms with Crippen molar-refractivity contribution in [2.24, 2.45) is 0 Å². The number of nitrogens with one attached hydrogen (secondary N) is 1. The number of imidazole rings is 1. The molecule has 0 aliphatic rings. The Kier molecular flexibility index (Phi) is 6.24. The molecule has 0 amide bonds. The van der Waals surface area contributed by atoms with Gasteiger partial charge in [0.25, 0.3) is 0 Å². The lowest BCUT2D eigenvalue weighted by Gasteiger charge is -2.05. The smallest absolute Gasteiger partial charge is 0.313 e. The van der Waals surface area contributed by atoms with Crippen LogP contribution in [0, 0.1) is 5.82 Å². The van der Waals surface area contributed by atoms with Crippen molar-refractivity contribution in [1.82, 2.24) is 15.0 Å². The molecule has 140 valence electrons. The van der Waals surface area contributed by atoms with E-state index in [2.05, 4.69) is 15.0 Å². The zero-order valence-electron chi connectivity index (χ0n) is 15.1. The zero-order valence-corrected chi connectivity index (χ0v) is 15.9. The number of ether oxygens (including phenoxy) is 1. The van der Waals surface area contributed by atoms with Gasteiger partial charge in [-0.2, -0.15) is 0 Å². The second kappa shape index (κ2) is 8.81. The number of benzene rings is 1. The number of rotatable bonds is 7. The van der Waals surface area contributed by atoms with Gasteiger partial charge in [-0.25, -0.2) is 9.37 Å². The van der Waals surface area contributed by atoms with E-state index in [9.17, 15) is 9.18 Å². The Morgan fingerprint density at radius 1 is 1.26 bits per heavy atom. The lowest BCUT2D eigenvalue weighted by Crippen LogP contribution is -2.09. The Morgan fingerprint density at radius 2 is 2.11 bits per heavy atom. The average molecular weight is 385 g/mol. The molecule has 0 saturated carbocycles. The molecular formula is C20H20FN3O2S. The molecule has 3 rings (SSSR count). The number of hydrogen-bond acceptors (Lipinski definition) is 5. The van der Waals surface area contributed by atoms with Gasteiger partial charge in [-0.05, 0) is 36.2 Å². The highest BCUT2D eigenvalue weighted by atomic mass is 32.2. The van der Waals surface area contributed by atoms with Crippen LogP contribution in [0.4, 0.5) is 4.39 Å². The van der Waals surface area contributed by atoms with Gasteiger partial charge in [-0.15, -0.1) is 0 Å². The van der Waals surface area contributed by atoms with Crippen molar-refractivity contribution >= 4 is 17.7 Å². The fraction of sp³-hybridized carbons (Fsp3) is 0.250. The van der Waals surface area contributed by atoms with Crippen LogP contribution in [-0.2, 0) is 22.6 Å². The molecule has 5 nitrogen and oxygen atoms in total. The number of aromatic nitrogens is 3. The Bertz CT molecular complexity index is 913. The number of nitrogens with zero attached hydrogens (tertiary/aromatic N) is 2. The highest BCUT2D eigenvalue weighted by Gasteiger charge is 2.17. The van der Waals surface area contributed by atoms with Crippen LogP contribution < -0.4 is 0 Å². The number of carbonyl (C=O) groups is 1. The van der Waals surface area contributed by atoms with Crippen LogP contribution >= 0.6 is 11.8 Å². The van der Waals surface area contributed by atoms with Crippen LogP contribution in [0.3, 0.4) is 0 Å². The normalized spacial score (nSPS) is 11.0. The van der Waals surface area contributed by atoms with Gasteiger partial charge in [0.2, 0.25) is 0 Å². The van der Waals surface area contributed by atoms with E-state index in [0.717, 1.165) is 15.6 Å². The van der Waals surface area contributed by atoms with Crippen molar-refractivity contribution in [3.05, 3.63) is 71.7 Å². The van der Waals surface area contributed by atoms with Crippen molar-refractivity contribution in [3.63, 3.8) is 0 Å². The molecule has 27 heavy (non-hydrogen) atoms. The lowest BCUT2D eigenvalue weighted by molar-refractivity contribution is -0.144. The first-order chi connectivity index (χ1) is 13.0. The molecule has 0 atom stereocenters. The summed E-state index contributed by atoms with van der Waals surface area (Å²) in [5, 5.41) is 0.739. The SMILES string of the molecule is CC(C)c1[nH]c(CC(=O)OCc2ccccn2)nc1Sc1cccc(F)c1. The van der Waals surface area contributed by atoms with Gasteiger partial charge in [0.15, 0.2) is 0 Å². The van der Waals surface area contributed by atoms with E-state index in [1.54, 1.807) is 24.4 Å². The number of H-pyrrole nitrogens is 1. The third kappa shape index (κ3) is 5.40. The maximum absolute atomic E-state index is 13.4. The van der Waals surface area contributed by atoms with E-state index < -0.39 is 0 Å². The standard InChI is InChI=1S/C20H20FN3O2S/c1-13(2)19-20(27-16-8-5-6-14(21)10-16)24-17(23-19)11-18(25)26-12-15-7-3-4-9-22-15/h3-10,13H,11-12H2,1-2H3,(H,23,24). The molecule has 0 aliphatic heterocycles. The van der Waals surface area contributed by atoms with Crippen molar-refractivity contribution in [3.8, 4) is 0 Å². The van der Waals surface area contributed by atoms with E-state index in [1.165, 1.54) is 23.9 Å². The number of pyridine rings is 1. The molecule has 7 heteroatoms. The monoisotopic (exact) mass is 385 g/mol. The van der Waals surface area contributed by atoms with Crippen molar-refractivity contribution in [2.45, 2.75) is 42.7 Å².